The van der Waals surface area contributed by atoms with E-state index in [1.807, 2.05) is 6.92 Å². The van der Waals surface area contributed by atoms with Gasteiger partial charge in [0.1, 0.15) is 0 Å². The Bertz CT molecular complexity index is 387. The minimum Gasteiger partial charge on any atom is -0.481 e. The summed E-state index contributed by atoms with van der Waals surface area (Å²) in [6, 6.07) is 0. The quantitative estimate of drug-likeness (QED) is 0.814. The molecule has 1 heterocycles. The third kappa shape index (κ3) is 3.51. The van der Waals surface area contributed by atoms with Crippen LogP contribution in [0, 0.1) is 5.92 Å². The highest BCUT2D eigenvalue weighted by Crippen LogP contribution is 2.24. The molecule has 1 aromatic heterocycles. The maximum Gasteiger partial charge on any atom is 0.303 e. The lowest BCUT2D eigenvalue weighted by molar-refractivity contribution is -0.138. The Morgan fingerprint density at radius 1 is 1.53 bits per heavy atom. The third-order valence-electron chi connectivity index (χ3n) is 3.03. The summed E-state index contributed by atoms with van der Waals surface area (Å²) in [5.41, 5.74) is -0.0908. The van der Waals surface area contributed by atoms with Crippen LogP contribution < -0.4 is 0 Å². The number of tetrazole rings is 1. The highest BCUT2D eigenvalue weighted by atomic mass is 16.4. The van der Waals surface area contributed by atoms with Crippen molar-refractivity contribution in [3.63, 3.8) is 0 Å². The molecule has 1 unspecified atom stereocenters. The Morgan fingerprint density at radius 3 is 2.71 bits per heavy atom. The first-order chi connectivity index (χ1) is 7.86. The van der Waals surface area contributed by atoms with Crippen molar-refractivity contribution in [2.45, 2.75) is 52.5 Å². The van der Waals surface area contributed by atoms with E-state index in [4.69, 9.17) is 5.11 Å². The molecule has 6 heteroatoms. The minimum atomic E-state index is -0.790. The summed E-state index contributed by atoms with van der Waals surface area (Å²) in [6.45, 7) is 8.67. The summed E-state index contributed by atoms with van der Waals surface area (Å²) < 4.78 is 1.72. The van der Waals surface area contributed by atoms with Gasteiger partial charge in [0.15, 0.2) is 5.82 Å². The van der Waals surface area contributed by atoms with Crippen LogP contribution in [0.25, 0.3) is 0 Å². The average Bonchev–Trinajstić information content (AvgIpc) is 2.65. The van der Waals surface area contributed by atoms with Crippen molar-refractivity contribution in [2.24, 2.45) is 5.92 Å². The number of hydrogen-bond acceptors (Lipinski definition) is 4. The van der Waals surface area contributed by atoms with Gasteiger partial charge in [0.2, 0.25) is 0 Å². The zero-order valence-corrected chi connectivity index (χ0v) is 10.8. The predicted molar refractivity (Wildman–Crippen MR) is 62.6 cm³/mol. The fourth-order valence-electron chi connectivity index (χ4n) is 1.63. The van der Waals surface area contributed by atoms with Crippen molar-refractivity contribution in [2.75, 3.05) is 0 Å². The largest absolute Gasteiger partial charge is 0.481 e. The van der Waals surface area contributed by atoms with E-state index in [9.17, 15) is 4.79 Å². The van der Waals surface area contributed by atoms with Crippen LogP contribution >= 0.6 is 0 Å². The standard InChI is InChI=1S/C11H20N4O2/c1-5-11(3,4)10-12-13-14-15(10)7-8(2)6-9(16)17/h8H,5-7H2,1-4H3,(H,16,17). The molecular weight excluding hydrogens is 220 g/mol. The SMILES string of the molecule is CCC(C)(C)c1nnnn1CC(C)CC(=O)O. The number of carboxylic acids is 1. The molecule has 0 bridgehead atoms. The van der Waals surface area contributed by atoms with Crippen molar-refractivity contribution in [1.29, 1.82) is 0 Å². The maximum atomic E-state index is 10.6. The zero-order chi connectivity index (χ0) is 13.1. The van der Waals surface area contributed by atoms with E-state index in [1.165, 1.54) is 0 Å². The molecule has 0 aliphatic heterocycles. The summed E-state index contributed by atoms with van der Waals surface area (Å²) in [4.78, 5) is 10.6. The summed E-state index contributed by atoms with van der Waals surface area (Å²) in [6.07, 6.45) is 1.06. The van der Waals surface area contributed by atoms with Crippen LogP contribution in [0.1, 0.15) is 46.4 Å². The van der Waals surface area contributed by atoms with Crippen LogP contribution in [-0.2, 0) is 16.8 Å². The highest BCUT2D eigenvalue weighted by Gasteiger charge is 2.26. The lowest BCUT2D eigenvalue weighted by atomic mass is 9.89. The number of carbonyl (C=O) groups is 1. The molecule has 17 heavy (non-hydrogen) atoms. The Balaban J connectivity index is 2.79. The second kappa shape index (κ2) is 5.25. The van der Waals surface area contributed by atoms with Crippen molar-refractivity contribution in [1.82, 2.24) is 20.2 Å². The van der Waals surface area contributed by atoms with Crippen molar-refractivity contribution >= 4 is 5.97 Å². The first-order valence-electron chi connectivity index (χ1n) is 5.85. The molecule has 0 saturated heterocycles. The number of carboxylic acid groups (broad SMARTS) is 1. The van der Waals surface area contributed by atoms with Gasteiger partial charge in [0.05, 0.1) is 0 Å². The molecule has 0 spiro atoms. The Morgan fingerprint density at radius 2 is 2.18 bits per heavy atom. The van der Waals surface area contributed by atoms with Crippen LogP contribution in [0.3, 0.4) is 0 Å². The maximum absolute atomic E-state index is 10.6. The van der Waals surface area contributed by atoms with Crippen LogP contribution in [0.15, 0.2) is 0 Å². The first-order valence-corrected chi connectivity index (χ1v) is 5.85. The van der Waals surface area contributed by atoms with Crippen LogP contribution in [0.4, 0.5) is 0 Å². The summed E-state index contributed by atoms with van der Waals surface area (Å²) in [5, 5.41) is 20.4. The van der Waals surface area contributed by atoms with Gasteiger partial charge in [0, 0.05) is 18.4 Å². The Kier molecular flexibility index (Phi) is 4.20. The molecule has 0 aliphatic carbocycles. The smallest absolute Gasteiger partial charge is 0.303 e. The normalized spacial score (nSPS) is 13.6. The second-order valence-corrected chi connectivity index (χ2v) is 5.13. The van der Waals surface area contributed by atoms with Gasteiger partial charge in [-0.05, 0) is 22.8 Å². The molecule has 1 atom stereocenters. The van der Waals surface area contributed by atoms with Crippen LogP contribution in [0.2, 0.25) is 0 Å². The van der Waals surface area contributed by atoms with E-state index in [1.54, 1.807) is 4.68 Å². The third-order valence-corrected chi connectivity index (χ3v) is 3.03. The number of nitrogens with zero attached hydrogens (tertiary/aromatic N) is 4. The Labute approximate surface area is 101 Å². The molecule has 1 rings (SSSR count). The monoisotopic (exact) mass is 240 g/mol. The van der Waals surface area contributed by atoms with E-state index >= 15 is 0 Å². The average molecular weight is 240 g/mol. The fraction of sp³-hybridized carbons (Fsp3) is 0.818. The molecule has 0 saturated carbocycles. The molecule has 0 radical (unpaired) electrons. The minimum absolute atomic E-state index is 0.0161. The second-order valence-electron chi connectivity index (χ2n) is 5.13. The fourth-order valence-corrected chi connectivity index (χ4v) is 1.63. The van der Waals surface area contributed by atoms with Crippen LogP contribution in [0.5, 0.6) is 0 Å². The molecular formula is C11H20N4O2. The number of aromatic nitrogens is 4. The summed E-state index contributed by atoms with van der Waals surface area (Å²) >= 11 is 0. The van der Waals surface area contributed by atoms with Gasteiger partial charge in [-0.15, -0.1) is 5.10 Å². The van der Waals surface area contributed by atoms with Gasteiger partial charge < -0.3 is 5.11 Å². The Hall–Kier alpha value is -1.46. The van der Waals surface area contributed by atoms with Crippen LogP contribution in [-0.4, -0.2) is 31.3 Å². The highest BCUT2D eigenvalue weighted by molar-refractivity contribution is 5.66. The van der Waals surface area contributed by atoms with Gasteiger partial charge in [-0.3, -0.25) is 4.79 Å². The molecule has 1 aromatic rings. The molecule has 0 aliphatic rings. The number of hydrogen-bond donors (Lipinski definition) is 1. The summed E-state index contributed by atoms with van der Waals surface area (Å²) in [7, 11) is 0. The number of aliphatic carboxylic acids is 1. The lowest BCUT2D eigenvalue weighted by Crippen LogP contribution is -2.25. The molecule has 1 N–H and O–H groups in total. The van der Waals surface area contributed by atoms with Gasteiger partial charge in [-0.2, -0.15) is 0 Å². The van der Waals surface area contributed by atoms with Crippen molar-refractivity contribution in [3.05, 3.63) is 5.82 Å². The van der Waals surface area contributed by atoms with E-state index in [2.05, 4.69) is 36.3 Å². The topological polar surface area (TPSA) is 80.9 Å². The summed E-state index contributed by atoms with van der Waals surface area (Å²) in [5.74, 6) is 0.0431. The van der Waals surface area contributed by atoms with Gasteiger partial charge >= 0.3 is 5.97 Å². The van der Waals surface area contributed by atoms with Gasteiger partial charge in [-0.25, -0.2) is 4.68 Å². The van der Waals surface area contributed by atoms with E-state index < -0.39 is 5.97 Å². The van der Waals surface area contributed by atoms with Crippen molar-refractivity contribution < 1.29 is 9.90 Å². The van der Waals surface area contributed by atoms with E-state index in [0.717, 1.165) is 12.2 Å². The van der Waals surface area contributed by atoms with Crippen molar-refractivity contribution in [3.8, 4) is 0 Å². The molecule has 6 nitrogen and oxygen atoms in total. The first kappa shape index (κ1) is 13.6. The van der Waals surface area contributed by atoms with E-state index in [-0.39, 0.29) is 17.8 Å². The molecule has 0 fully saturated rings. The molecule has 96 valence electrons. The van der Waals surface area contributed by atoms with E-state index in [0.29, 0.717) is 6.54 Å². The number of rotatable bonds is 6. The molecule has 0 aromatic carbocycles. The zero-order valence-electron chi connectivity index (χ0n) is 10.8. The molecule has 0 amide bonds. The lowest BCUT2D eigenvalue weighted by Gasteiger charge is -2.22. The van der Waals surface area contributed by atoms with Gasteiger partial charge in [0.25, 0.3) is 0 Å². The van der Waals surface area contributed by atoms with Gasteiger partial charge in [-0.1, -0.05) is 27.7 Å². The predicted octanol–water partition coefficient (Wildman–Crippen LogP) is 1.47.